The van der Waals surface area contributed by atoms with E-state index in [1.54, 1.807) is 14.2 Å². The van der Waals surface area contributed by atoms with Gasteiger partial charge in [0.1, 0.15) is 5.82 Å². The van der Waals surface area contributed by atoms with Crippen LogP contribution in [0.1, 0.15) is 18.4 Å². The van der Waals surface area contributed by atoms with Gasteiger partial charge in [0.25, 0.3) is 0 Å². The van der Waals surface area contributed by atoms with E-state index in [4.69, 9.17) is 9.47 Å². The van der Waals surface area contributed by atoms with Crippen molar-refractivity contribution in [2.75, 3.05) is 45.4 Å². The van der Waals surface area contributed by atoms with Crippen LogP contribution in [0, 0.1) is 0 Å². The number of hydrogen-bond acceptors (Lipinski definition) is 5. The van der Waals surface area contributed by atoms with Crippen LogP contribution in [0.2, 0.25) is 0 Å². The van der Waals surface area contributed by atoms with Gasteiger partial charge in [-0.15, -0.1) is 0 Å². The van der Waals surface area contributed by atoms with E-state index >= 15 is 0 Å². The molecule has 1 fully saturated rings. The highest BCUT2D eigenvalue weighted by atomic mass is 16.5. The molecule has 5 heteroatoms. The Hall–Kier alpha value is -1.17. The topological polar surface area (TPSA) is 46.6 Å². The zero-order chi connectivity index (χ0) is 14.2. The van der Waals surface area contributed by atoms with E-state index in [0.29, 0.717) is 6.10 Å². The summed E-state index contributed by atoms with van der Waals surface area (Å²) in [4.78, 5) is 6.93. The van der Waals surface area contributed by atoms with Crippen molar-refractivity contribution in [1.82, 2.24) is 10.3 Å². The molecule has 1 aromatic rings. The third-order valence-electron chi connectivity index (χ3n) is 3.74. The predicted octanol–water partition coefficient (Wildman–Crippen LogP) is 1.43. The highest BCUT2D eigenvalue weighted by molar-refractivity contribution is 5.47. The molecule has 0 bridgehead atoms. The Morgan fingerprint density at radius 2 is 2.15 bits per heavy atom. The first kappa shape index (κ1) is 15.2. The van der Waals surface area contributed by atoms with Crippen LogP contribution in [0.25, 0.3) is 0 Å². The van der Waals surface area contributed by atoms with Gasteiger partial charge in [0.05, 0.1) is 12.7 Å². The average molecular weight is 279 g/mol. The van der Waals surface area contributed by atoms with Gasteiger partial charge in [-0.1, -0.05) is 6.07 Å². The maximum atomic E-state index is 5.42. The van der Waals surface area contributed by atoms with Crippen molar-refractivity contribution in [3.63, 3.8) is 0 Å². The molecule has 0 unspecified atom stereocenters. The van der Waals surface area contributed by atoms with E-state index in [2.05, 4.69) is 21.3 Å². The number of methoxy groups -OCH3 is 2. The lowest BCUT2D eigenvalue weighted by Gasteiger charge is -2.33. The number of rotatable bonds is 7. The SMILES string of the molecule is COCCNCc1cccnc1N1CCC(OC)CC1. The molecule has 0 amide bonds. The van der Waals surface area contributed by atoms with Crippen LogP contribution in [0.15, 0.2) is 18.3 Å². The zero-order valence-corrected chi connectivity index (χ0v) is 12.5. The smallest absolute Gasteiger partial charge is 0.133 e. The van der Waals surface area contributed by atoms with Gasteiger partial charge in [-0.25, -0.2) is 4.98 Å². The van der Waals surface area contributed by atoms with Gasteiger partial charge in [0.15, 0.2) is 0 Å². The van der Waals surface area contributed by atoms with E-state index in [-0.39, 0.29) is 0 Å². The second-order valence-electron chi connectivity index (χ2n) is 5.08. The van der Waals surface area contributed by atoms with Crippen LogP contribution in [-0.2, 0) is 16.0 Å². The standard InChI is InChI=1S/C15H25N3O2/c1-19-11-8-16-12-13-4-3-7-17-15(13)18-9-5-14(20-2)6-10-18/h3-4,7,14,16H,5-6,8-12H2,1-2H3. The molecule has 1 aromatic heterocycles. The summed E-state index contributed by atoms with van der Waals surface area (Å²) in [5.41, 5.74) is 1.25. The summed E-state index contributed by atoms with van der Waals surface area (Å²) in [5.74, 6) is 1.10. The number of nitrogens with zero attached hydrogens (tertiary/aromatic N) is 2. The van der Waals surface area contributed by atoms with Crippen LogP contribution >= 0.6 is 0 Å². The summed E-state index contributed by atoms with van der Waals surface area (Å²) >= 11 is 0. The van der Waals surface area contributed by atoms with E-state index in [1.165, 1.54) is 5.56 Å². The summed E-state index contributed by atoms with van der Waals surface area (Å²) in [7, 11) is 3.52. The Kier molecular flexibility index (Phi) is 6.24. The summed E-state index contributed by atoms with van der Waals surface area (Å²) in [6.45, 7) is 4.45. The van der Waals surface area contributed by atoms with E-state index in [1.807, 2.05) is 12.3 Å². The van der Waals surface area contributed by atoms with Gasteiger partial charge < -0.3 is 19.7 Å². The summed E-state index contributed by atoms with van der Waals surface area (Å²) in [6.07, 6.45) is 4.42. The molecule has 1 aliphatic heterocycles. The normalized spacial score (nSPS) is 16.6. The Balaban J connectivity index is 1.93. The number of ether oxygens (including phenoxy) is 2. The summed E-state index contributed by atoms with van der Waals surface area (Å²) < 4.78 is 10.5. The molecule has 2 heterocycles. The van der Waals surface area contributed by atoms with E-state index in [0.717, 1.165) is 51.4 Å². The molecule has 1 aliphatic rings. The van der Waals surface area contributed by atoms with Crippen LogP contribution < -0.4 is 10.2 Å². The van der Waals surface area contributed by atoms with Gasteiger partial charge in [-0.3, -0.25) is 0 Å². The first-order valence-electron chi connectivity index (χ1n) is 7.26. The van der Waals surface area contributed by atoms with Crippen molar-refractivity contribution in [2.24, 2.45) is 0 Å². The minimum atomic E-state index is 0.401. The Morgan fingerprint density at radius 1 is 1.35 bits per heavy atom. The van der Waals surface area contributed by atoms with Gasteiger partial charge in [-0.05, 0) is 18.9 Å². The number of piperidine rings is 1. The van der Waals surface area contributed by atoms with Crippen molar-refractivity contribution >= 4 is 5.82 Å². The van der Waals surface area contributed by atoms with Gasteiger partial charge in [0.2, 0.25) is 0 Å². The molecule has 0 aromatic carbocycles. The van der Waals surface area contributed by atoms with E-state index in [9.17, 15) is 0 Å². The lowest BCUT2D eigenvalue weighted by molar-refractivity contribution is 0.0817. The largest absolute Gasteiger partial charge is 0.383 e. The quantitative estimate of drug-likeness (QED) is 0.765. The number of hydrogen-bond donors (Lipinski definition) is 1. The summed E-state index contributed by atoms with van der Waals surface area (Å²) in [6, 6.07) is 4.14. The Labute approximate surface area is 121 Å². The molecule has 0 spiro atoms. The van der Waals surface area contributed by atoms with Crippen molar-refractivity contribution in [1.29, 1.82) is 0 Å². The fraction of sp³-hybridized carbons (Fsp3) is 0.667. The third-order valence-corrected chi connectivity index (χ3v) is 3.74. The maximum absolute atomic E-state index is 5.42. The molecule has 1 saturated heterocycles. The maximum Gasteiger partial charge on any atom is 0.133 e. The fourth-order valence-corrected chi connectivity index (χ4v) is 2.55. The molecule has 1 N–H and O–H groups in total. The van der Waals surface area contributed by atoms with Crippen LogP contribution in [0.5, 0.6) is 0 Å². The van der Waals surface area contributed by atoms with Crippen molar-refractivity contribution in [3.8, 4) is 0 Å². The first-order chi connectivity index (χ1) is 9.85. The second-order valence-corrected chi connectivity index (χ2v) is 5.08. The molecular formula is C15H25N3O2. The van der Waals surface area contributed by atoms with Gasteiger partial charge in [0, 0.05) is 52.2 Å². The minimum absolute atomic E-state index is 0.401. The molecule has 0 saturated carbocycles. The van der Waals surface area contributed by atoms with Gasteiger partial charge in [-0.2, -0.15) is 0 Å². The van der Waals surface area contributed by atoms with Gasteiger partial charge >= 0.3 is 0 Å². The Morgan fingerprint density at radius 3 is 2.85 bits per heavy atom. The molecule has 0 radical (unpaired) electrons. The lowest BCUT2D eigenvalue weighted by atomic mass is 10.1. The van der Waals surface area contributed by atoms with Crippen LogP contribution in [0.4, 0.5) is 5.82 Å². The molecule has 0 aliphatic carbocycles. The zero-order valence-electron chi connectivity index (χ0n) is 12.5. The van der Waals surface area contributed by atoms with Crippen molar-refractivity contribution in [2.45, 2.75) is 25.5 Å². The molecule has 20 heavy (non-hydrogen) atoms. The third kappa shape index (κ3) is 4.16. The first-order valence-corrected chi connectivity index (χ1v) is 7.26. The molecular weight excluding hydrogens is 254 g/mol. The number of pyridine rings is 1. The highest BCUT2D eigenvalue weighted by Gasteiger charge is 2.21. The van der Waals surface area contributed by atoms with Crippen LogP contribution in [0.3, 0.4) is 0 Å². The Bertz CT molecular complexity index is 392. The van der Waals surface area contributed by atoms with E-state index < -0.39 is 0 Å². The van der Waals surface area contributed by atoms with Crippen molar-refractivity contribution in [3.05, 3.63) is 23.9 Å². The number of nitrogens with one attached hydrogen (secondary N) is 1. The highest BCUT2D eigenvalue weighted by Crippen LogP contribution is 2.22. The summed E-state index contributed by atoms with van der Waals surface area (Å²) in [5, 5.41) is 3.39. The lowest BCUT2D eigenvalue weighted by Crippen LogP contribution is -2.38. The molecule has 0 atom stereocenters. The molecule has 2 rings (SSSR count). The minimum Gasteiger partial charge on any atom is -0.383 e. The van der Waals surface area contributed by atoms with Crippen molar-refractivity contribution < 1.29 is 9.47 Å². The average Bonchev–Trinajstić information content (AvgIpc) is 2.52. The number of aromatic nitrogens is 1. The number of anilines is 1. The fourth-order valence-electron chi connectivity index (χ4n) is 2.55. The second kappa shape index (κ2) is 8.19. The predicted molar refractivity (Wildman–Crippen MR) is 80.1 cm³/mol. The molecule has 112 valence electrons. The molecule has 5 nitrogen and oxygen atoms in total. The monoisotopic (exact) mass is 279 g/mol. The van der Waals surface area contributed by atoms with Crippen LogP contribution in [-0.4, -0.2) is 51.5 Å².